The van der Waals surface area contributed by atoms with Gasteiger partial charge in [-0.3, -0.25) is 0 Å². The number of hydrogen-bond donors (Lipinski definition) is 0. The molecule has 0 bridgehead atoms. The summed E-state index contributed by atoms with van der Waals surface area (Å²) < 4.78 is 0. The highest BCUT2D eigenvalue weighted by atomic mass is 15.1. The molecule has 0 aromatic carbocycles. The molecule has 0 aliphatic heterocycles. The summed E-state index contributed by atoms with van der Waals surface area (Å²) in [7, 11) is 4.42. The van der Waals surface area contributed by atoms with Crippen molar-refractivity contribution in [2.45, 2.75) is 200 Å². The van der Waals surface area contributed by atoms with E-state index in [1.165, 1.54) is 212 Å². The van der Waals surface area contributed by atoms with Gasteiger partial charge in [0, 0.05) is 0 Å². The standard InChI is InChI=1S/C41H82N2/c1-5-7-9-11-13-15-17-19-21-23-25-27-29-31-33-35-39-43(41-37-38-42(3)4)40-36-34-32-30-28-26-24-22-20-18-16-14-12-10-8-6-2/h19-22H,5-18,23-41H2,1-4H3. The molecule has 0 rings (SSSR count). The van der Waals surface area contributed by atoms with Crippen molar-refractivity contribution in [1.82, 2.24) is 9.80 Å². The number of allylic oxidation sites excluding steroid dienone is 4. The lowest BCUT2D eigenvalue weighted by molar-refractivity contribution is 0.244. The second kappa shape index (κ2) is 37.6. The Bertz CT molecular complexity index is 510. The largest absolute Gasteiger partial charge is 0.309 e. The Balaban J connectivity index is 3.70. The van der Waals surface area contributed by atoms with E-state index in [0.717, 1.165) is 0 Å². The first kappa shape index (κ1) is 42.4. The molecule has 0 radical (unpaired) electrons. The highest BCUT2D eigenvalue weighted by molar-refractivity contribution is 4.82. The summed E-state index contributed by atoms with van der Waals surface area (Å²) in [6, 6.07) is 0. The molecule has 0 heterocycles. The number of unbranched alkanes of at least 4 members (excludes halogenated alkanes) is 24. The lowest BCUT2D eigenvalue weighted by Crippen LogP contribution is -2.29. The Morgan fingerprint density at radius 2 is 0.581 bits per heavy atom. The third kappa shape index (κ3) is 37.5. The van der Waals surface area contributed by atoms with Crippen LogP contribution in [0.3, 0.4) is 0 Å². The zero-order chi connectivity index (χ0) is 31.3. The number of nitrogens with zero attached hydrogens (tertiary/aromatic N) is 2. The van der Waals surface area contributed by atoms with Crippen LogP contribution in [0.15, 0.2) is 24.3 Å². The first-order chi connectivity index (χ1) is 21.2. The average Bonchev–Trinajstić information content (AvgIpc) is 3.00. The summed E-state index contributed by atoms with van der Waals surface area (Å²) >= 11 is 0. The minimum Gasteiger partial charge on any atom is -0.309 e. The third-order valence-corrected chi connectivity index (χ3v) is 9.05. The second-order valence-electron chi connectivity index (χ2n) is 13.9. The van der Waals surface area contributed by atoms with Gasteiger partial charge >= 0.3 is 0 Å². The molecule has 256 valence electrons. The molecule has 0 aromatic rings. The maximum Gasteiger partial charge on any atom is -0.000655 e. The monoisotopic (exact) mass is 603 g/mol. The van der Waals surface area contributed by atoms with Gasteiger partial charge in [0.05, 0.1) is 0 Å². The summed E-state index contributed by atoms with van der Waals surface area (Å²) in [5.74, 6) is 0. The van der Waals surface area contributed by atoms with Crippen molar-refractivity contribution in [1.29, 1.82) is 0 Å². The van der Waals surface area contributed by atoms with Crippen molar-refractivity contribution in [3.8, 4) is 0 Å². The number of hydrogen-bond acceptors (Lipinski definition) is 2. The van der Waals surface area contributed by atoms with E-state index in [0.29, 0.717) is 0 Å². The average molecular weight is 603 g/mol. The van der Waals surface area contributed by atoms with E-state index >= 15 is 0 Å². The molecule has 43 heavy (non-hydrogen) atoms. The number of rotatable bonds is 36. The van der Waals surface area contributed by atoms with E-state index in [9.17, 15) is 0 Å². The normalized spacial score (nSPS) is 12.2. The van der Waals surface area contributed by atoms with Crippen molar-refractivity contribution in [3.05, 3.63) is 24.3 Å². The van der Waals surface area contributed by atoms with Crippen molar-refractivity contribution in [2.24, 2.45) is 0 Å². The van der Waals surface area contributed by atoms with Gasteiger partial charge in [0.1, 0.15) is 0 Å². The van der Waals surface area contributed by atoms with Crippen LogP contribution in [0.5, 0.6) is 0 Å². The highest BCUT2D eigenvalue weighted by Crippen LogP contribution is 2.13. The van der Waals surface area contributed by atoms with E-state index in [1.54, 1.807) is 0 Å². The smallest absolute Gasteiger partial charge is 0.000655 e. The van der Waals surface area contributed by atoms with Crippen molar-refractivity contribution in [2.75, 3.05) is 40.3 Å². The third-order valence-electron chi connectivity index (χ3n) is 9.05. The van der Waals surface area contributed by atoms with Crippen LogP contribution in [-0.2, 0) is 0 Å². The van der Waals surface area contributed by atoms with Crippen LogP contribution in [0.25, 0.3) is 0 Å². The lowest BCUT2D eigenvalue weighted by Gasteiger charge is -2.23. The minimum atomic E-state index is 1.22. The summed E-state index contributed by atoms with van der Waals surface area (Å²) in [6.45, 7) is 9.74. The minimum absolute atomic E-state index is 1.22. The second-order valence-corrected chi connectivity index (χ2v) is 13.9. The van der Waals surface area contributed by atoms with Crippen molar-refractivity contribution < 1.29 is 0 Å². The molecule has 0 spiro atoms. The molecule has 0 unspecified atom stereocenters. The molecule has 0 saturated heterocycles. The van der Waals surface area contributed by atoms with Gasteiger partial charge < -0.3 is 9.80 Å². The van der Waals surface area contributed by atoms with E-state index in [2.05, 4.69) is 62.0 Å². The topological polar surface area (TPSA) is 6.48 Å². The van der Waals surface area contributed by atoms with Gasteiger partial charge in [-0.2, -0.15) is 0 Å². The van der Waals surface area contributed by atoms with Crippen LogP contribution in [-0.4, -0.2) is 50.1 Å². The quantitative estimate of drug-likeness (QED) is 0.0520. The van der Waals surface area contributed by atoms with Gasteiger partial charge in [-0.05, 0) is 111 Å². The van der Waals surface area contributed by atoms with Crippen LogP contribution >= 0.6 is 0 Å². The molecule has 0 fully saturated rings. The molecule has 0 N–H and O–H groups in total. The molecule has 2 heteroatoms. The predicted octanol–water partition coefficient (Wildman–Crippen LogP) is 13.3. The lowest BCUT2D eigenvalue weighted by atomic mass is 10.1. The molecule has 0 aliphatic rings. The zero-order valence-electron chi connectivity index (χ0n) is 30.5. The predicted molar refractivity (Wildman–Crippen MR) is 199 cm³/mol. The van der Waals surface area contributed by atoms with Gasteiger partial charge in [0.15, 0.2) is 0 Å². The van der Waals surface area contributed by atoms with E-state index in [1.807, 2.05) is 0 Å². The molecule has 2 nitrogen and oxygen atoms in total. The van der Waals surface area contributed by atoms with E-state index in [4.69, 9.17) is 0 Å². The van der Waals surface area contributed by atoms with Crippen LogP contribution < -0.4 is 0 Å². The maximum atomic E-state index is 2.78. The molecular formula is C41H82N2. The SMILES string of the molecule is CCCCCCCCC=CCCCCCCCCN(CCCCCCCCC=CCCCCCCCC)CCCN(C)C. The Morgan fingerprint density at radius 1 is 0.302 bits per heavy atom. The fourth-order valence-corrected chi connectivity index (χ4v) is 6.11. The zero-order valence-corrected chi connectivity index (χ0v) is 30.5. The first-order valence-corrected chi connectivity index (χ1v) is 19.9. The molecule has 0 amide bonds. The summed E-state index contributed by atoms with van der Waals surface area (Å²) in [5, 5.41) is 0. The summed E-state index contributed by atoms with van der Waals surface area (Å²) in [5.41, 5.74) is 0. The molecular weight excluding hydrogens is 520 g/mol. The van der Waals surface area contributed by atoms with Crippen molar-refractivity contribution in [3.63, 3.8) is 0 Å². The molecule has 0 saturated carbocycles. The first-order valence-electron chi connectivity index (χ1n) is 19.9. The van der Waals surface area contributed by atoms with E-state index in [-0.39, 0.29) is 0 Å². The van der Waals surface area contributed by atoms with Crippen LogP contribution in [0.1, 0.15) is 200 Å². The molecule has 0 aliphatic carbocycles. The van der Waals surface area contributed by atoms with Crippen LogP contribution in [0, 0.1) is 0 Å². The maximum absolute atomic E-state index is 2.78. The summed E-state index contributed by atoms with van der Waals surface area (Å²) in [4.78, 5) is 5.12. The van der Waals surface area contributed by atoms with Crippen LogP contribution in [0.4, 0.5) is 0 Å². The van der Waals surface area contributed by atoms with Gasteiger partial charge in [-0.15, -0.1) is 0 Å². The van der Waals surface area contributed by atoms with Gasteiger partial charge in [-0.1, -0.05) is 154 Å². The van der Waals surface area contributed by atoms with Crippen LogP contribution in [0.2, 0.25) is 0 Å². The Labute approximate surface area is 273 Å². The Morgan fingerprint density at radius 3 is 0.907 bits per heavy atom. The van der Waals surface area contributed by atoms with Gasteiger partial charge in [0.25, 0.3) is 0 Å². The Hall–Kier alpha value is -0.600. The fourth-order valence-electron chi connectivity index (χ4n) is 6.11. The van der Waals surface area contributed by atoms with Gasteiger partial charge in [0.2, 0.25) is 0 Å². The van der Waals surface area contributed by atoms with Crippen molar-refractivity contribution >= 4 is 0 Å². The molecule has 0 atom stereocenters. The highest BCUT2D eigenvalue weighted by Gasteiger charge is 2.05. The summed E-state index contributed by atoms with van der Waals surface area (Å²) in [6.07, 6.45) is 50.2. The van der Waals surface area contributed by atoms with E-state index < -0.39 is 0 Å². The Kier molecular flexibility index (Phi) is 37.1. The molecule has 0 aromatic heterocycles. The fraction of sp³-hybridized carbons (Fsp3) is 0.902. The van der Waals surface area contributed by atoms with Gasteiger partial charge in [-0.25, -0.2) is 0 Å².